The van der Waals surface area contributed by atoms with Gasteiger partial charge in [-0.3, -0.25) is 0 Å². The van der Waals surface area contributed by atoms with Crippen LogP contribution in [0.2, 0.25) is 0 Å². The molecule has 1 saturated heterocycles. The van der Waals surface area contributed by atoms with Gasteiger partial charge in [-0.1, -0.05) is 27.7 Å². The zero-order valence-electron chi connectivity index (χ0n) is 9.43. The summed E-state index contributed by atoms with van der Waals surface area (Å²) in [5.74, 6) is 0.526. The Bertz CT molecular complexity index is 273. The van der Waals surface area contributed by atoms with Crippen LogP contribution in [0.1, 0.15) is 34.6 Å². The van der Waals surface area contributed by atoms with E-state index in [1.54, 1.807) is 0 Å². The van der Waals surface area contributed by atoms with E-state index in [0.29, 0.717) is 0 Å². The lowest BCUT2D eigenvalue weighted by Gasteiger charge is -2.16. The van der Waals surface area contributed by atoms with Gasteiger partial charge in [0.2, 0.25) is 0 Å². The third-order valence-corrected chi connectivity index (χ3v) is 4.61. The average Bonchev–Trinajstić information content (AvgIpc) is 2.56. The molecule has 1 fully saturated rings. The van der Waals surface area contributed by atoms with Crippen molar-refractivity contribution in [3.8, 4) is 0 Å². The van der Waals surface area contributed by atoms with E-state index in [-0.39, 0.29) is 23.4 Å². The molecular formula is C9H20NO3P. The van der Waals surface area contributed by atoms with E-state index in [4.69, 9.17) is 0 Å². The van der Waals surface area contributed by atoms with Crippen LogP contribution in [0.5, 0.6) is 0 Å². The van der Waals surface area contributed by atoms with E-state index in [2.05, 4.69) is 0 Å². The minimum absolute atomic E-state index is 0.00309. The topological polar surface area (TPSA) is 60.5 Å². The Hall–Kier alpha value is 0.110. The summed E-state index contributed by atoms with van der Waals surface area (Å²) >= 11 is 0. The third kappa shape index (κ3) is 1.65. The molecule has 0 amide bonds. The van der Waals surface area contributed by atoms with Crippen molar-refractivity contribution in [3.05, 3.63) is 0 Å². The first-order valence-corrected chi connectivity index (χ1v) is 6.55. The summed E-state index contributed by atoms with van der Waals surface area (Å²) < 4.78 is 12.6. The Morgan fingerprint density at radius 1 is 1.29 bits per heavy atom. The Balaban J connectivity index is 2.95. The maximum atomic E-state index is 11.2. The number of hydrogen-bond acceptors (Lipinski definition) is 1. The summed E-state index contributed by atoms with van der Waals surface area (Å²) in [4.78, 5) is 18.4. The normalized spacial score (nSPS) is 38.1. The highest BCUT2D eigenvalue weighted by Crippen LogP contribution is 2.64. The van der Waals surface area contributed by atoms with Gasteiger partial charge in [0.15, 0.2) is 0 Å². The first kappa shape index (κ1) is 12.2. The zero-order chi connectivity index (χ0) is 11.3. The van der Waals surface area contributed by atoms with Crippen LogP contribution in [0.25, 0.3) is 0 Å². The molecule has 5 heteroatoms. The molecule has 2 N–H and O–H groups in total. The molecule has 0 aliphatic carbocycles. The monoisotopic (exact) mass is 221 g/mol. The smallest absolute Gasteiger partial charge is 0.312 e. The lowest BCUT2D eigenvalue weighted by atomic mass is 9.89. The van der Waals surface area contributed by atoms with E-state index in [1.807, 2.05) is 34.6 Å². The Morgan fingerprint density at radius 2 is 1.71 bits per heavy atom. The van der Waals surface area contributed by atoms with Gasteiger partial charge in [-0.05, 0) is 18.8 Å². The van der Waals surface area contributed by atoms with Gasteiger partial charge in [-0.15, -0.1) is 0 Å². The van der Waals surface area contributed by atoms with Crippen molar-refractivity contribution in [2.24, 2.45) is 11.8 Å². The lowest BCUT2D eigenvalue weighted by Crippen LogP contribution is -2.22. The summed E-state index contributed by atoms with van der Waals surface area (Å²) in [7, 11) is -4.08. The van der Waals surface area contributed by atoms with Gasteiger partial charge in [-0.2, -0.15) is 4.67 Å². The zero-order valence-corrected chi connectivity index (χ0v) is 10.3. The van der Waals surface area contributed by atoms with Gasteiger partial charge in [0.25, 0.3) is 0 Å². The van der Waals surface area contributed by atoms with E-state index in [1.165, 1.54) is 4.67 Å². The van der Waals surface area contributed by atoms with E-state index in [9.17, 15) is 14.4 Å². The summed E-state index contributed by atoms with van der Waals surface area (Å²) in [5, 5.41) is 0. The van der Waals surface area contributed by atoms with Crippen molar-refractivity contribution in [1.29, 1.82) is 0 Å². The molecule has 0 aromatic rings. The van der Waals surface area contributed by atoms with Crippen molar-refractivity contribution >= 4 is 7.75 Å². The largest absolute Gasteiger partial charge is 0.403 e. The van der Waals surface area contributed by atoms with Gasteiger partial charge in [0.1, 0.15) is 0 Å². The van der Waals surface area contributed by atoms with Gasteiger partial charge < -0.3 is 9.79 Å². The number of rotatable bonds is 3. The van der Waals surface area contributed by atoms with Crippen LogP contribution in [-0.4, -0.2) is 26.0 Å². The molecule has 14 heavy (non-hydrogen) atoms. The molecule has 0 aromatic heterocycles. The Labute approximate surface area is 85.5 Å². The highest BCUT2D eigenvalue weighted by Gasteiger charge is 2.68. The molecule has 4 nitrogen and oxygen atoms in total. The molecule has 0 radical (unpaired) electrons. The molecule has 0 bridgehead atoms. The van der Waals surface area contributed by atoms with E-state index >= 15 is 0 Å². The standard InChI is InChI=1S/C9H20NO3P/c1-6(2)8-9(5,7(3)4)10(8)14(11,12)13/h6-8H,1-5H3,(H2,11,12,13). The molecule has 3 atom stereocenters. The summed E-state index contributed by atoms with van der Waals surface area (Å²) in [6, 6.07) is 0.00309. The predicted octanol–water partition coefficient (Wildman–Crippen LogP) is 1.83. The first-order valence-electron chi connectivity index (χ1n) is 4.98. The third-order valence-electron chi connectivity index (χ3n) is 3.37. The van der Waals surface area contributed by atoms with Crippen molar-refractivity contribution in [2.45, 2.75) is 46.2 Å². The van der Waals surface area contributed by atoms with Crippen LogP contribution in [-0.2, 0) is 4.57 Å². The van der Waals surface area contributed by atoms with Gasteiger partial charge in [0, 0.05) is 11.6 Å². The quantitative estimate of drug-likeness (QED) is 0.564. The molecule has 1 aliphatic heterocycles. The van der Waals surface area contributed by atoms with Crippen LogP contribution in [0, 0.1) is 11.8 Å². The SMILES string of the molecule is CC(C)C1N(P(=O)(O)O)C1(C)C(C)C. The fourth-order valence-corrected chi connectivity index (χ4v) is 4.10. The predicted molar refractivity (Wildman–Crippen MR) is 55.8 cm³/mol. The Kier molecular flexibility index (Phi) is 2.88. The Morgan fingerprint density at radius 3 is 1.79 bits per heavy atom. The molecule has 0 aromatic carbocycles. The second kappa shape index (κ2) is 3.31. The fraction of sp³-hybridized carbons (Fsp3) is 1.00. The van der Waals surface area contributed by atoms with Crippen molar-refractivity contribution in [2.75, 3.05) is 0 Å². The maximum absolute atomic E-state index is 11.2. The molecular weight excluding hydrogens is 201 g/mol. The van der Waals surface area contributed by atoms with Crippen molar-refractivity contribution < 1.29 is 14.4 Å². The molecule has 1 heterocycles. The summed E-state index contributed by atoms with van der Waals surface area (Å²) in [5.41, 5.74) is -0.340. The molecule has 1 aliphatic rings. The van der Waals surface area contributed by atoms with Crippen LogP contribution >= 0.6 is 7.75 Å². The maximum Gasteiger partial charge on any atom is 0.403 e. The molecule has 1 rings (SSSR count). The fourth-order valence-electron chi connectivity index (χ4n) is 2.42. The summed E-state index contributed by atoms with van der Waals surface area (Å²) in [6.07, 6.45) is 0. The molecule has 0 saturated carbocycles. The number of hydrogen-bond donors (Lipinski definition) is 2. The van der Waals surface area contributed by atoms with Crippen molar-refractivity contribution in [3.63, 3.8) is 0 Å². The second-order valence-corrected chi connectivity index (χ2v) is 6.38. The van der Waals surface area contributed by atoms with Gasteiger partial charge in [-0.25, -0.2) is 4.57 Å². The van der Waals surface area contributed by atoms with E-state index < -0.39 is 7.75 Å². The second-order valence-electron chi connectivity index (χ2n) is 4.93. The van der Waals surface area contributed by atoms with Crippen LogP contribution in [0.4, 0.5) is 0 Å². The first-order chi connectivity index (χ1) is 6.13. The molecule has 3 unspecified atom stereocenters. The minimum atomic E-state index is -4.08. The lowest BCUT2D eigenvalue weighted by molar-refractivity contribution is 0.301. The average molecular weight is 221 g/mol. The minimum Gasteiger partial charge on any atom is -0.312 e. The van der Waals surface area contributed by atoms with Crippen LogP contribution < -0.4 is 0 Å². The van der Waals surface area contributed by atoms with Gasteiger partial charge >= 0.3 is 7.75 Å². The van der Waals surface area contributed by atoms with Crippen LogP contribution in [0.15, 0.2) is 0 Å². The molecule has 0 spiro atoms. The highest BCUT2D eigenvalue weighted by molar-refractivity contribution is 7.49. The van der Waals surface area contributed by atoms with Crippen LogP contribution in [0.3, 0.4) is 0 Å². The summed E-state index contributed by atoms with van der Waals surface area (Å²) in [6.45, 7) is 9.94. The van der Waals surface area contributed by atoms with E-state index in [0.717, 1.165) is 0 Å². The molecule has 84 valence electrons. The van der Waals surface area contributed by atoms with Crippen molar-refractivity contribution in [1.82, 2.24) is 4.67 Å². The van der Waals surface area contributed by atoms with Gasteiger partial charge in [0.05, 0.1) is 0 Å². The highest BCUT2D eigenvalue weighted by atomic mass is 31.2. The number of nitrogens with zero attached hydrogens (tertiary/aromatic N) is 1.